The molecule has 0 unspecified atom stereocenters. The summed E-state index contributed by atoms with van der Waals surface area (Å²) in [7, 11) is 0. The first kappa shape index (κ1) is 16.1. The number of carbonyl (C=O) groups is 3. The van der Waals surface area contributed by atoms with Crippen LogP contribution in [0.15, 0.2) is 0 Å². The summed E-state index contributed by atoms with van der Waals surface area (Å²) in [6, 6.07) is 0. The van der Waals surface area contributed by atoms with Gasteiger partial charge >= 0.3 is 41.5 Å². The maximum atomic E-state index is 10.5. The minimum absolute atomic E-state index is 0. The molecule has 0 heterocycles. The molecule has 0 radical (unpaired) electrons. The third-order valence-electron chi connectivity index (χ3n) is 1.53. The predicted octanol–water partition coefficient (Wildman–Crippen LogP) is 0.0267. The number of carbonyl (C=O) groups excluding carboxylic acids is 1. The summed E-state index contributed by atoms with van der Waals surface area (Å²) in [5, 5.41) is 16.4. The van der Waals surface area contributed by atoms with E-state index in [9.17, 15) is 14.4 Å². The van der Waals surface area contributed by atoms with Crippen molar-refractivity contribution in [3.8, 4) is 0 Å². The molecular weight excluding hydrogens is 199 g/mol. The van der Waals surface area contributed by atoms with Crippen molar-refractivity contribution >= 4 is 47.3 Å². The number of rotatable bonds is 7. The zero-order valence-corrected chi connectivity index (χ0v) is 7.15. The van der Waals surface area contributed by atoms with Gasteiger partial charge in [0.25, 0.3) is 0 Å². The van der Waals surface area contributed by atoms with E-state index in [1.165, 1.54) is 0 Å². The van der Waals surface area contributed by atoms with Crippen LogP contribution in [0.3, 0.4) is 0 Å². The summed E-state index contributed by atoms with van der Waals surface area (Å²) in [5.74, 6) is -3.10. The molecule has 76 valence electrons. The Morgan fingerprint density at radius 2 is 1.36 bits per heavy atom. The van der Waals surface area contributed by atoms with Gasteiger partial charge < -0.3 is 10.2 Å². The Hall–Kier alpha value is -0.390. The second kappa shape index (κ2) is 9.18. The van der Waals surface area contributed by atoms with E-state index >= 15 is 0 Å². The van der Waals surface area contributed by atoms with Crippen molar-refractivity contribution in [2.45, 2.75) is 32.1 Å². The Balaban J connectivity index is 0. The van der Waals surface area contributed by atoms with Crippen molar-refractivity contribution in [2.75, 3.05) is 0 Å². The average molecular weight is 212 g/mol. The molecule has 0 atom stereocenters. The van der Waals surface area contributed by atoms with Crippen molar-refractivity contribution in [1.29, 1.82) is 0 Å². The number of unbranched alkanes of at least 4 members (excludes halogenated alkanes) is 2. The van der Waals surface area contributed by atoms with Crippen LogP contribution in [0.2, 0.25) is 0 Å². The second-order valence-corrected chi connectivity index (χ2v) is 2.68. The van der Waals surface area contributed by atoms with Crippen molar-refractivity contribution in [2.24, 2.45) is 0 Å². The molecule has 0 aromatic rings. The van der Waals surface area contributed by atoms with Gasteiger partial charge in [-0.2, -0.15) is 0 Å². The van der Waals surface area contributed by atoms with Crippen LogP contribution in [0.25, 0.3) is 0 Å². The Morgan fingerprint density at radius 3 is 1.79 bits per heavy atom. The van der Waals surface area contributed by atoms with E-state index in [0.717, 1.165) is 0 Å². The summed E-state index contributed by atoms with van der Waals surface area (Å²) in [5.41, 5.74) is 0. The third kappa shape index (κ3) is 9.70. The molecule has 0 aliphatic rings. The molecule has 5 nitrogen and oxygen atoms in total. The molecule has 0 rings (SSSR count). The Kier molecular flexibility index (Phi) is 10.5. The number of hydrogen-bond donors (Lipinski definition) is 2. The number of carboxylic acids is 2. The standard InChI is InChI=1S/C8H12O5.Na.H/c9-6(8(12)13)4-2-1-3-5-7(10)11;;/h1-5H2,(H,10,11)(H,12,13);;. The van der Waals surface area contributed by atoms with E-state index < -0.39 is 17.7 Å². The van der Waals surface area contributed by atoms with Gasteiger partial charge in [-0.1, -0.05) is 6.42 Å². The van der Waals surface area contributed by atoms with Gasteiger partial charge in [-0.3, -0.25) is 9.59 Å². The molecule has 14 heavy (non-hydrogen) atoms. The maximum absolute atomic E-state index is 10.5. The monoisotopic (exact) mass is 212 g/mol. The van der Waals surface area contributed by atoms with Gasteiger partial charge in [-0.05, 0) is 12.8 Å². The van der Waals surface area contributed by atoms with Crippen LogP contribution < -0.4 is 0 Å². The average Bonchev–Trinajstić information content (AvgIpc) is 2.02. The molecule has 0 aliphatic heterocycles. The molecule has 0 fully saturated rings. The molecule has 0 saturated heterocycles. The van der Waals surface area contributed by atoms with E-state index in [0.29, 0.717) is 19.3 Å². The molecular formula is C8H13NaO5. The number of Topliss-reactive ketones (excluding diaryl/α,β-unsaturated/α-hetero) is 1. The Labute approximate surface area is 104 Å². The summed E-state index contributed by atoms with van der Waals surface area (Å²) in [6.07, 6.45) is 1.57. The first-order valence-electron chi connectivity index (χ1n) is 4.02. The normalized spacial score (nSPS) is 8.86. The minimum atomic E-state index is -1.42. The van der Waals surface area contributed by atoms with Gasteiger partial charge in [0.05, 0.1) is 0 Å². The van der Waals surface area contributed by atoms with Crippen LogP contribution in [0.5, 0.6) is 0 Å². The van der Waals surface area contributed by atoms with Crippen LogP contribution in [0, 0.1) is 0 Å². The molecule has 6 heteroatoms. The number of aliphatic carboxylic acids is 2. The zero-order valence-electron chi connectivity index (χ0n) is 7.15. The predicted molar refractivity (Wildman–Crippen MR) is 50.5 cm³/mol. The number of carboxylic acid groups (broad SMARTS) is 2. The third-order valence-corrected chi connectivity index (χ3v) is 1.53. The van der Waals surface area contributed by atoms with E-state index in [1.807, 2.05) is 0 Å². The van der Waals surface area contributed by atoms with Crippen molar-refractivity contribution in [1.82, 2.24) is 0 Å². The van der Waals surface area contributed by atoms with Crippen LogP contribution in [-0.2, 0) is 14.4 Å². The summed E-state index contributed by atoms with van der Waals surface area (Å²) in [4.78, 5) is 30.6. The van der Waals surface area contributed by atoms with Gasteiger partial charge in [-0.15, -0.1) is 0 Å². The topological polar surface area (TPSA) is 91.7 Å². The quantitative estimate of drug-likeness (QED) is 0.353. The Morgan fingerprint density at radius 1 is 0.857 bits per heavy atom. The summed E-state index contributed by atoms with van der Waals surface area (Å²) in [6.45, 7) is 0. The van der Waals surface area contributed by atoms with E-state index in [4.69, 9.17) is 10.2 Å². The van der Waals surface area contributed by atoms with Gasteiger partial charge in [-0.25, -0.2) is 4.79 Å². The van der Waals surface area contributed by atoms with Gasteiger partial charge in [0, 0.05) is 12.8 Å². The van der Waals surface area contributed by atoms with Crippen LogP contribution >= 0.6 is 0 Å². The Bertz CT molecular complexity index is 214. The van der Waals surface area contributed by atoms with Crippen LogP contribution in [0.4, 0.5) is 0 Å². The zero-order chi connectivity index (χ0) is 10.3. The second-order valence-electron chi connectivity index (χ2n) is 2.68. The summed E-state index contributed by atoms with van der Waals surface area (Å²) >= 11 is 0. The van der Waals surface area contributed by atoms with E-state index in [1.54, 1.807) is 0 Å². The van der Waals surface area contributed by atoms with Gasteiger partial charge in [0.2, 0.25) is 5.78 Å². The van der Waals surface area contributed by atoms with Crippen LogP contribution in [0.1, 0.15) is 32.1 Å². The fraction of sp³-hybridized carbons (Fsp3) is 0.625. The van der Waals surface area contributed by atoms with Crippen molar-refractivity contribution < 1.29 is 24.6 Å². The molecule has 0 aliphatic carbocycles. The first-order valence-corrected chi connectivity index (χ1v) is 4.02. The molecule has 2 N–H and O–H groups in total. The molecule has 0 saturated carbocycles. The first-order chi connectivity index (χ1) is 6.04. The number of hydrogen-bond acceptors (Lipinski definition) is 3. The summed E-state index contributed by atoms with van der Waals surface area (Å²) < 4.78 is 0. The number of ketones is 1. The van der Waals surface area contributed by atoms with E-state index in [2.05, 4.69) is 0 Å². The molecule has 0 amide bonds. The van der Waals surface area contributed by atoms with Gasteiger partial charge in [0.1, 0.15) is 0 Å². The van der Waals surface area contributed by atoms with Crippen LogP contribution in [-0.4, -0.2) is 57.5 Å². The van der Waals surface area contributed by atoms with Gasteiger partial charge in [0.15, 0.2) is 0 Å². The molecule has 0 aromatic heterocycles. The molecule has 0 aromatic carbocycles. The SMILES string of the molecule is O=C(O)CCCCCC(=O)C(=O)O.[NaH]. The van der Waals surface area contributed by atoms with E-state index in [-0.39, 0.29) is 42.4 Å². The molecule has 0 bridgehead atoms. The fourth-order valence-corrected chi connectivity index (χ4v) is 0.845. The van der Waals surface area contributed by atoms with Crippen molar-refractivity contribution in [3.63, 3.8) is 0 Å². The molecule has 0 spiro atoms. The van der Waals surface area contributed by atoms with Crippen molar-refractivity contribution in [3.05, 3.63) is 0 Å². The fourth-order valence-electron chi connectivity index (χ4n) is 0.845.